The zero-order valence-electron chi connectivity index (χ0n) is 13.8. The van der Waals surface area contributed by atoms with E-state index >= 15 is 0 Å². The van der Waals surface area contributed by atoms with Crippen molar-refractivity contribution in [3.63, 3.8) is 0 Å². The molecule has 114 valence electrons. The van der Waals surface area contributed by atoms with E-state index < -0.39 is 0 Å². The van der Waals surface area contributed by atoms with Crippen LogP contribution in [0.1, 0.15) is 51.2 Å². The van der Waals surface area contributed by atoms with Gasteiger partial charge < -0.3 is 5.32 Å². The van der Waals surface area contributed by atoms with Gasteiger partial charge in [0, 0.05) is 5.54 Å². The molecule has 21 heavy (non-hydrogen) atoms. The minimum atomic E-state index is 0.260. The van der Waals surface area contributed by atoms with Crippen molar-refractivity contribution in [2.75, 3.05) is 6.54 Å². The first-order valence-corrected chi connectivity index (χ1v) is 8.81. The molecule has 3 unspecified atom stereocenters. The summed E-state index contributed by atoms with van der Waals surface area (Å²) in [7, 11) is 0. The monoisotopic (exact) mass is 283 g/mol. The molecule has 0 aliphatic heterocycles. The fourth-order valence-electron chi connectivity index (χ4n) is 5.40. The van der Waals surface area contributed by atoms with Crippen LogP contribution in [-0.4, -0.2) is 12.1 Å². The first kappa shape index (κ1) is 13.8. The van der Waals surface area contributed by atoms with Gasteiger partial charge in [-0.25, -0.2) is 0 Å². The molecule has 1 spiro atoms. The fourth-order valence-corrected chi connectivity index (χ4v) is 5.40. The number of benzene rings is 1. The molecule has 1 aromatic rings. The quantitative estimate of drug-likeness (QED) is 0.857. The van der Waals surface area contributed by atoms with Crippen LogP contribution in [-0.2, 0) is 12.8 Å². The van der Waals surface area contributed by atoms with Crippen molar-refractivity contribution in [2.24, 2.45) is 23.2 Å². The Morgan fingerprint density at radius 3 is 2.14 bits per heavy atom. The highest BCUT2D eigenvalue weighted by atomic mass is 15.0. The Labute approximate surface area is 129 Å². The van der Waals surface area contributed by atoms with E-state index in [0.29, 0.717) is 5.41 Å². The molecule has 2 fully saturated rings. The topological polar surface area (TPSA) is 12.0 Å². The number of nitrogens with one attached hydrogen (secondary N) is 1. The SMILES string of the molecule is CC(C)(C)NCC1CC12C1CCC2Cc2ccccc2C1. The van der Waals surface area contributed by atoms with E-state index in [2.05, 4.69) is 50.4 Å². The van der Waals surface area contributed by atoms with E-state index in [1.807, 2.05) is 0 Å². The van der Waals surface area contributed by atoms with Crippen LogP contribution in [0.4, 0.5) is 0 Å². The smallest absolute Gasteiger partial charge is 0.00966 e. The van der Waals surface area contributed by atoms with Gasteiger partial charge in [0.1, 0.15) is 0 Å². The zero-order valence-corrected chi connectivity index (χ0v) is 13.8. The lowest BCUT2D eigenvalue weighted by Crippen LogP contribution is -2.38. The van der Waals surface area contributed by atoms with Gasteiger partial charge in [-0.15, -0.1) is 0 Å². The second-order valence-electron chi connectivity index (χ2n) is 8.79. The van der Waals surface area contributed by atoms with Gasteiger partial charge in [-0.3, -0.25) is 0 Å². The van der Waals surface area contributed by atoms with Gasteiger partial charge >= 0.3 is 0 Å². The third-order valence-corrected chi connectivity index (χ3v) is 6.51. The van der Waals surface area contributed by atoms with Crippen LogP contribution >= 0.6 is 0 Å². The van der Waals surface area contributed by atoms with E-state index in [-0.39, 0.29) is 5.54 Å². The lowest BCUT2D eigenvalue weighted by atomic mass is 9.81. The van der Waals surface area contributed by atoms with Gasteiger partial charge in [-0.2, -0.15) is 0 Å². The highest BCUT2D eigenvalue weighted by molar-refractivity contribution is 5.33. The van der Waals surface area contributed by atoms with Crippen molar-refractivity contribution in [1.29, 1.82) is 0 Å². The maximum absolute atomic E-state index is 3.77. The van der Waals surface area contributed by atoms with Crippen molar-refractivity contribution in [1.82, 2.24) is 5.32 Å². The van der Waals surface area contributed by atoms with Crippen molar-refractivity contribution >= 4 is 0 Å². The average Bonchev–Trinajstić information content (AvgIpc) is 3.05. The Morgan fingerprint density at radius 2 is 1.62 bits per heavy atom. The summed E-state index contributed by atoms with van der Waals surface area (Å²) < 4.78 is 0. The summed E-state index contributed by atoms with van der Waals surface area (Å²) in [5, 5.41) is 3.77. The highest BCUT2D eigenvalue weighted by Gasteiger charge is 2.65. The third kappa shape index (κ3) is 2.25. The molecular formula is C20H29N. The van der Waals surface area contributed by atoms with E-state index in [1.54, 1.807) is 11.1 Å². The van der Waals surface area contributed by atoms with E-state index in [9.17, 15) is 0 Å². The Balaban J connectivity index is 1.54. The molecular weight excluding hydrogens is 254 g/mol. The molecule has 1 N–H and O–H groups in total. The largest absolute Gasteiger partial charge is 0.312 e. The van der Waals surface area contributed by atoms with Crippen molar-refractivity contribution in [3.05, 3.63) is 35.4 Å². The molecule has 4 rings (SSSR count). The third-order valence-electron chi connectivity index (χ3n) is 6.51. The van der Waals surface area contributed by atoms with Gasteiger partial charge in [-0.05, 0) is 93.7 Å². The van der Waals surface area contributed by atoms with Gasteiger partial charge in [0.2, 0.25) is 0 Å². The summed E-state index contributed by atoms with van der Waals surface area (Å²) in [6, 6.07) is 9.23. The molecule has 0 amide bonds. The van der Waals surface area contributed by atoms with Crippen LogP contribution in [0.15, 0.2) is 24.3 Å². The van der Waals surface area contributed by atoms with E-state index in [1.165, 1.54) is 38.6 Å². The van der Waals surface area contributed by atoms with Crippen LogP contribution in [0.2, 0.25) is 0 Å². The van der Waals surface area contributed by atoms with Crippen LogP contribution in [0, 0.1) is 23.2 Å². The first-order chi connectivity index (χ1) is 9.99. The summed E-state index contributed by atoms with van der Waals surface area (Å²) >= 11 is 0. The molecule has 0 heterocycles. The molecule has 1 aromatic carbocycles. The van der Waals surface area contributed by atoms with E-state index in [4.69, 9.17) is 0 Å². The minimum absolute atomic E-state index is 0.260. The van der Waals surface area contributed by atoms with Gasteiger partial charge in [-0.1, -0.05) is 24.3 Å². The second-order valence-corrected chi connectivity index (χ2v) is 8.79. The van der Waals surface area contributed by atoms with Crippen LogP contribution < -0.4 is 5.32 Å². The maximum atomic E-state index is 3.77. The standard InChI is InChI=1S/C20H29N/c1-19(2,3)21-13-18-12-20(18)16-8-9-17(20)11-15-7-5-4-6-14(15)10-16/h4-7,16-18,21H,8-13H2,1-3H3. The molecule has 0 aromatic heterocycles. The molecule has 2 saturated carbocycles. The summed E-state index contributed by atoms with van der Waals surface area (Å²) in [6.45, 7) is 8.10. The number of hydrogen-bond acceptors (Lipinski definition) is 1. The minimum Gasteiger partial charge on any atom is -0.312 e. The number of rotatable bonds is 2. The molecule has 2 bridgehead atoms. The number of hydrogen-bond donors (Lipinski definition) is 1. The second kappa shape index (κ2) is 4.59. The number of fused-ring (bicyclic) bond motifs is 1. The molecule has 1 nitrogen and oxygen atoms in total. The summed E-state index contributed by atoms with van der Waals surface area (Å²) in [5.41, 5.74) is 4.25. The Kier molecular flexibility index (Phi) is 3.02. The predicted octanol–water partition coefficient (Wildman–Crippen LogP) is 4.21. The maximum Gasteiger partial charge on any atom is 0.00966 e. The Bertz CT molecular complexity index is 506. The van der Waals surface area contributed by atoms with Crippen molar-refractivity contribution < 1.29 is 0 Å². The van der Waals surface area contributed by atoms with Crippen LogP contribution in [0.5, 0.6) is 0 Å². The van der Waals surface area contributed by atoms with Gasteiger partial charge in [0.25, 0.3) is 0 Å². The first-order valence-electron chi connectivity index (χ1n) is 8.81. The highest BCUT2D eigenvalue weighted by Crippen LogP contribution is 2.70. The fraction of sp³-hybridized carbons (Fsp3) is 0.700. The van der Waals surface area contributed by atoms with Crippen molar-refractivity contribution in [3.8, 4) is 0 Å². The Morgan fingerprint density at radius 1 is 1.05 bits per heavy atom. The normalized spacial score (nSPS) is 37.4. The molecule has 0 radical (unpaired) electrons. The lowest BCUT2D eigenvalue weighted by Gasteiger charge is -2.26. The van der Waals surface area contributed by atoms with Crippen LogP contribution in [0.25, 0.3) is 0 Å². The van der Waals surface area contributed by atoms with Gasteiger partial charge in [0.05, 0.1) is 0 Å². The van der Waals surface area contributed by atoms with Gasteiger partial charge in [0.15, 0.2) is 0 Å². The molecule has 3 aliphatic carbocycles. The summed E-state index contributed by atoms with van der Waals surface area (Å²) in [5.74, 6) is 2.85. The predicted molar refractivity (Wildman–Crippen MR) is 88.4 cm³/mol. The average molecular weight is 283 g/mol. The van der Waals surface area contributed by atoms with E-state index in [0.717, 1.165) is 17.8 Å². The zero-order chi connectivity index (χ0) is 14.7. The van der Waals surface area contributed by atoms with Crippen LogP contribution in [0.3, 0.4) is 0 Å². The lowest BCUT2D eigenvalue weighted by molar-refractivity contribution is 0.250. The molecule has 1 heteroatoms. The Hall–Kier alpha value is -0.820. The van der Waals surface area contributed by atoms with Crippen molar-refractivity contribution in [2.45, 2.75) is 58.4 Å². The molecule has 0 saturated heterocycles. The summed E-state index contributed by atoms with van der Waals surface area (Å²) in [4.78, 5) is 0. The molecule has 3 aliphatic rings. The molecule has 3 atom stereocenters. The summed E-state index contributed by atoms with van der Waals surface area (Å²) in [6.07, 6.45) is 7.13.